The largest absolute Gasteiger partial charge is 0.456 e. The monoisotopic (exact) mass is 428 g/mol. The molecule has 8 heteroatoms. The summed E-state index contributed by atoms with van der Waals surface area (Å²) in [5.41, 5.74) is 0. The first kappa shape index (κ1) is 26.1. The van der Waals surface area contributed by atoms with E-state index in [0.29, 0.717) is 6.61 Å². The van der Waals surface area contributed by atoms with Crippen molar-refractivity contribution in [3.8, 4) is 0 Å². The molecule has 0 amide bonds. The molecule has 0 aliphatic carbocycles. The van der Waals surface area contributed by atoms with E-state index in [1.165, 1.54) is 46.5 Å². The van der Waals surface area contributed by atoms with E-state index < -0.39 is 42.5 Å². The minimum Gasteiger partial charge on any atom is -0.456 e. The second-order valence-corrected chi connectivity index (χ2v) is 7.42. The van der Waals surface area contributed by atoms with Crippen LogP contribution in [0.2, 0.25) is 0 Å². The molecule has 1 aliphatic rings. The summed E-state index contributed by atoms with van der Waals surface area (Å²) in [5.74, 6) is -1.71. The highest BCUT2D eigenvalue weighted by molar-refractivity contribution is 5.68. The molecular formula is C22H36O8. The van der Waals surface area contributed by atoms with Crippen molar-refractivity contribution >= 4 is 17.9 Å². The van der Waals surface area contributed by atoms with Crippen LogP contribution in [0.3, 0.4) is 0 Å². The molecule has 1 saturated heterocycles. The van der Waals surface area contributed by atoms with Gasteiger partial charge in [-0.1, -0.05) is 38.2 Å². The summed E-state index contributed by atoms with van der Waals surface area (Å²) in [4.78, 5) is 34.5. The third kappa shape index (κ3) is 10.7. The van der Waals surface area contributed by atoms with Crippen molar-refractivity contribution in [3.05, 3.63) is 12.7 Å². The molecule has 1 aliphatic heterocycles. The van der Waals surface area contributed by atoms with E-state index in [1.807, 2.05) is 6.08 Å². The van der Waals surface area contributed by atoms with Gasteiger partial charge in [0.05, 0.1) is 6.61 Å². The summed E-state index contributed by atoms with van der Waals surface area (Å²) in [7, 11) is 0. The lowest BCUT2D eigenvalue weighted by Crippen LogP contribution is -2.58. The van der Waals surface area contributed by atoms with Crippen molar-refractivity contribution < 1.29 is 38.1 Å². The van der Waals surface area contributed by atoms with Gasteiger partial charge in [-0.2, -0.15) is 0 Å². The highest BCUT2D eigenvalue weighted by Crippen LogP contribution is 2.25. The SMILES string of the molecule is C=CCCCCCCCCCO[C@H]1OC[C@@H](OC(C)=O)[C@H](OC(C)=O)[C@H]1OC(C)=O. The van der Waals surface area contributed by atoms with Gasteiger partial charge in [-0.15, -0.1) is 6.58 Å². The lowest BCUT2D eigenvalue weighted by atomic mass is 10.0. The van der Waals surface area contributed by atoms with Crippen molar-refractivity contribution in [3.63, 3.8) is 0 Å². The zero-order valence-corrected chi connectivity index (χ0v) is 18.4. The summed E-state index contributed by atoms with van der Waals surface area (Å²) in [6, 6.07) is 0. The number of hydrogen-bond donors (Lipinski definition) is 0. The van der Waals surface area contributed by atoms with Gasteiger partial charge in [-0.05, 0) is 19.3 Å². The number of allylic oxidation sites excluding steroid dienone is 1. The predicted octanol–water partition coefficient (Wildman–Crippen LogP) is 3.46. The molecule has 0 aromatic carbocycles. The molecule has 1 rings (SSSR count). The van der Waals surface area contributed by atoms with Gasteiger partial charge >= 0.3 is 17.9 Å². The van der Waals surface area contributed by atoms with Crippen LogP contribution in [0.15, 0.2) is 12.7 Å². The minimum atomic E-state index is -1.02. The second kappa shape index (κ2) is 15.0. The molecule has 0 spiro atoms. The predicted molar refractivity (Wildman–Crippen MR) is 109 cm³/mol. The smallest absolute Gasteiger partial charge is 0.303 e. The molecule has 0 N–H and O–H groups in total. The molecule has 30 heavy (non-hydrogen) atoms. The van der Waals surface area contributed by atoms with Crippen LogP contribution in [0, 0.1) is 0 Å². The molecule has 4 atom stereocenters. The Kier molecular flexibility index (Phi) is 13.0. The van der Waals surface area contributed by atoms with Crippen LogP contribution in [0.25, 0.3) is 0 Å². The lowest BCUT2D eigenvalue weighted by Gasteiger charge is -2.40. The fraction of sp³-hybridized carbons (Fsp3) is 0.773. The Morgan fingerprint density at radius 2 is 1.37 bits per heavy atom. The topological polar surface area (TPSA) is 97.4 Å². The summed E-state index contributed by atoms with van der Waals surface area (Å²) >= 11 is 0. The van der Waals surface area contributed by atoms with Crippen LogP contribution in [0.5, 0.6) is 0 Å². The van der Waals surface area contributed by atoms with Crippen molar-refractivity contribution in [2.24, 2.45) is 0 Å². The molecule has 1 heterocycles. The molecule has 0 aromatic rings. The zero-order valence-electron chi connectivity index (χ0n) is 18.4. The molecular weight excluding hydrogens is 392 g/mol. The molecule has 0 unspecified atom stereocenters. The highest BCUT2D eigenvalue weighted by atomic mass is 16.7. The van der Waals surface area contributed by atoms with Crippen LogP contribution in [0.4, 0.5) is 0 Å². The van der Waals surface area contributed by atoms with Gasteiger partial charge in [0.2, 0.25) is 0 Å². The number of rotatable bonds is 14. The van der Waals surface area contributed by atoms with Crippen molar-refractivity contribution in [1.29, 1.82) is 0 Å². The summed E-state index contributed by atoms with van der Waals surface area (Å²) in [6.07, 6.45) is 7.05. The molecule has 1 fully saturated rings. The Hall–Kier alpha value is -1.93. The maximum Gasteiger partial charge on any atom is 0.303 e. The minimum absolute atomic E-state index is 0.0231. The van der Waals surface area contributed by atoms with E-state index in [2.05, 4.69) is 6.58 Å². The van der Waals surface area contributed by atoms with Gasteiger partial charge in [0.1, 0.15) is 0 Å². The summed E-state index contributed by atoms with van der Waals surface area (Å²) < 4.78 is 27.2. The van der Waals surface area contributed by atoms with Gasteiger partial charge in [-0.3, -0.25) is 14.4 Å². The molecule has 8 nitrogen and oxygen atoms in total. The van der Waals surface area contributed by atoms with E-state index >= 15 is 0 Å². The third-order valence-electron chi connectivity index (χ3n) is 4.64. The van der Waals surface area contributed by atoms with Crippen LogP contribution in [-0.4, -0.2) is 55.7 Å². The Morgan fingerprint density at radius 1 is 0.833 bits per heavy atom. The fourth-order valence-corrected chi connectivity index (χ4v) is 3.33. The van der Waals surface area contributed by atoms with E-state index in [1.54, 1.807) is 0 Å². The van der Waals surface area contributed by atoms with Gasteiger partial charge < -0.3 is 23.7 Å². The van der Waals surface area contributed by atoms with E-state index in [4.69, 9.17) is 23.7 Å². The first-order valence-electron chi connectivity index (χ1n) is 10.7. The second-order valence-electron chi connectivity index (χ2n) is 7.42. The van der Waals surface area contributed by atoms with Gasteiger partial charge in [0.15, 0.2) is 24.6 Å². The number of hydrogen-bond acceptors (Lipinski definition) is 8. The van der Waals surface area contributed by atoms with E-state index in [0.717, 1.165) is 25.7 Å². The molecule has 0 aromatic heterocycles. The molecule has 0 saturated carbocycles. The Morgan fingerprint density at radius 3 is 1.93 bits per heavy atom. The van der Waals surface area contributed by atoms with Crippen molar-refractivity contribution in [1.82, 2.24) is 0 Å². The highest BCUT2D eigenvalue weighted by Gasteiger charge is 2.47. The number of ether oxygens (including phenoxy) is 5. The van der Waals surface area contributed by atoms with Gasteiger partial charge in [0.25, 0.3) is 0 Å². The van der Waals surface area contributed by atoms with Gasteiger partial charge in [0, 0.05) is 27.4 Å². The van der Waals surface area contributed by atoms with E-state index in [-0.39, 0.29) is 6.61 Å². The number of carbonyl (C=O) groups is 3. The number of esters is 3. The molecule has 0 bridgehead atoms. The first-order chi connectivity index (χ1) is 14.3. The van der Waals surface area contributed by atoms with Crippen LogP contribution >= 0.6 is 0 Å². The van der Waals surface area contributed by atoms with Crippen LogP contribution < -0.4 is 0 Å². The third-order valence-corrected chi connectivity index (χ3v) is 4.64. The average Bonchev–Trinajstić information content (AvgIpc) is 2.66. The molecule has 0 radical (unpaired) electrons. The zero-order chi connectivity index (χ0) is 22.4. The summed E-state index contributed by atoms with van der Waals surface area (Å²) in [6.45, 7) is 7.84. The number of carbonyl (C=O) groups excluding carboxylic acids is 3. The normalized spacial score (nSPS) is 23.4. The Balaban J connectivity index is 2.50. The quantitative estimate of drug-likeness (QED) is 0.180. The maximum atomic E-state index is 11.6. The molecule has 172 valence electrons. The first-order valence-corrected chi connectivity index (χ1v) is 10.7. The van der Waals surface area contributed by atoms with Crippen LogP contribution in [-0.2, 0) is 38.1 Å². The van der Waals surface area contributed by atoms with Crippen molar-refractivity contribution in [2.75, 3.05) is 13.2 Å². The lowest BCUT2D eigenvalue weighted by molar-refractivity contribution is -0.281. The van der Waals surface area contributed by atoms with E-state index in [9.17, 15) is 14.4 Å². The maximum absolute atomic E-state index is 11.6. The average molecular weight is 429 g/mol. The fourth-order valence-electron chi connectivity index (χ4n) is 3.33. The van der Waals surface area contributed by atoms with Crippen LogP contribution in [0.1, 0.15) is 72.1 Å². The Labute approximate surface area is 179 Å². The standard InChI is InChI=1S/C22H36O8/c1-5-6-7-8-9-10-11-12-13-14-26-22-21(30-18(4)25)20(29-17(3)24)19(15-27-22)28-16(2)23/h5,19-22H,1,6-15H2,2-4H3/t19-,20+,21-,22+/m1/s1. The van der Waals surface area contributed by atoms with Gasteiger partial charge in [-0.25, -0.2) is 0 Å². The Bertz CT molecular complexity index is 547. The summed E-state index contributed by atoms with van der Waals surface area (Å²) in [5, 5.41) is 0. The van der Waals surface area contributed by atoms with Crippen molar-refractivity contribution in [2.45, 2.75) is 96.7 Å². The number of unbranched alkanes of at least 4 members (excludes halogenated alkanes) is 7.